The molecular weight excluding hydrogens is 758 g/mol. The number of imide groups is 2. The summed E-state index contributed by atoms with van der Waals surface area (Å²) in [7, 11) is 0. The van der Waals surface area contributed by atoms with Crippen molar-refractivity contribution >= 4 is 58.2 Å². The Bertz CT molecular complexity index is 2240. The van der Waals surface area contributed by atoms with Crippen LogP contribution in [0.1, 0.15) is 88.5 Å². The smallest absolute Gasteiger partial charge is 0.262 e. The van der Waals surface area contributed by atoms with Gasteiger partial charge in [0.25, 0.3) is 17.7 Å². The van der Waals surface area contributed by atoms with Crippen molar-refractivity contribution in [3.8, 4) is 5.75 Å². The molecule has 14 heteroatoms. The number of anilines is 2. The van der Waals surface area contributed by atoms with E-state index in [1.165, 1.54) is 0 Å². The van der Waals surface area contributed by atoms with E-state index in [0.717, 1.165) is 73.6 Å². The molecule has 3 aromatic carbocycles. The van der Waals surface area contributed by atoms with E-state index >= 15 is 0 Å². The summed E-state index contributed by atoms with van der Waals surface area (Å²) in [6.07, 6.45) is 5.09. The summed E-state index contributed by atoms with van der Waals surface area (Å²) in [5, 5.41) is 2.74. The number of carbonyl (C=O) groups is 5. The molecule has 0 saturated carbocycles. The third-order valence-corrected chi connectivity index (χ3v) is 13.7. The summed E-state index contributed by atoms with van der Waals surface area (Å²) >= 11 is 6.39. The molecule has 6 aliphatic rings. The van der Waals surface area contributed by atoms with Crippen LogP contribution in [-0.2, 0) is 16.1 Å². The predicted octanol–water partition coefficient (Wildman–Crippen LogP) is 5.68. The second kappa shape index (κ2) is 15.1. The highest BCUT2D eigenvalue weighted by atomic mass is 35.5. The normalized spacial score (nSPS) is 23.7. The van der Waals surface area contributed by atoms with Gasteiger partial charge < -0.3 is 19.4 Å². The Labute approximate surface area is 342 Å². The first kappa shape index (κ1) is 38.1. The lowest BCUT2D eigenvalue weighted by Crippen LogP contribution is -2.54. The maximum absolute atomic E-state index is 13.7. The van der Waals surface area contributed by atoms with Gasteiger partial charge in [0.2, 0.25) is 17.5 Å². The maximum Gasteiger partial charge on any atom is 0.262 e. The Morgan fingerprint density at radius 1 is 0.897 bits per heavy atom. The van der Waals surface area contributed by atoms with E-state index in [-0.39, 0.29) is 41.3 Å². The molecule has 300 valence electrons. The topological polar surface area (TPSA) is 127 Å². The van der Waals surface area contributed by atoms with Crippen LogP contribution in [0.5, 0.6) is 5.75 Å². The predicted molar refractivity (Wildman–Crippen MR) is 217 cm³/mol. The molecule has 1 N–H and O–H groups in total. The minimum atomic E-state index is -1.02. The molecule has 5 amide bonds. The van der Waals surface area contributed by atoms with E-state index in [1.54, 1.807) is 12.1 Å². The van der Waals surface area contributed by atoms with Gasteiger partial charge in [-0.25, -0.2) is 4.85 Å². The molecule has 3 aromatic rings. The van der Waals surface area contributed by atoms with Crippen LogP contribution in [0, 0.1) is 12.0 Å². The number of fused-ring (bicyclic) bond motifs is 2. The lowest BCUT2D eigenvalue weighted by Gasteiger charge is -2.40. The molecule has 1 spiro atoms. The molecule has 58 heavy (non-hydrogen) atoms. The molecule has 9 rings (SSSR count). The fourth-order valence-electron chi connectivity index (χ4n) is 10.1. The molecule has 4 fully saturated rings. The summed E-state index contributed by atoms with van der Waals surface area (Å²) in [4.78, 5) is 78.4. The zero-order valence-electron chi connectivity index (χ0n) is 32.5. The van der Waals surface area contributed by atoms with Crippen LogP contribution in [0.2, 0.25) is 5.02 Å². The Morgan fingerprint density at radius 3 is 2.29 bits per heavy atom. The SMILES string of the molecule is [C-]#[N+]c1ccc(N2CC3(CCN(c4ccc(C(=O)N5CCC(N6CCOc7cc8c(cc7C6)C(=O)N(C6CCC(=O)NC6=O)C8=O)CC5)cc4)CC3)C[C@@H]2C)cc1Cl. The van der Waals surface area contributed by atoms with Crippen LogP contribution in [0.3, 0.4) is 0 Å². The van der Waals surface area contributed by atoms with E-state index < -0.39 is 29.7 Å². The zero-order chi connectivity index (χ0) is 40.3. The lowest BCUT2D eigenvalue weighted by molar-refractivity contribution is -0.136. The van der Waals surface area contributed by atoms with E-state index in [4.69, 9.17) is 22.9 Å². The number of ether oxygens (including phenoxy) is 1. The number of amides is 5. The van der Waals surface area contributed by atoms with E-state index in [0.29, 0.717) is 60.9 Å². The summed E-state index contributed by atoms with van der Waals surface area (Å²) in [6.45, 7) is 15.4. The van der Waals surface area contributed by atoms with Crippen LogP contribution in [-0.4, -0.2) is 108 Å². The van der Waals surface area contributed by atoms with Gasteiger partial charge in [-0.1, -0.05) is 17.7 Å². The molecule has 2 atom stereocenters. The maximum atomic E-state index is 13.7. The van der Waals surface area contributed by atoms with Crippen LogP contribution >= 0.6 is 11.6 Å². The minimum absolute atomic E-state index is 0.0380. The molecule has 1 unspecified atom stereocenters. The number of likely N-dealkylation sites (tertiary alicyclic amines) is 1. The molecule has 0 aliphatic carbocycles. The zero-order valence-corrected chi connectivity index (χ0v) is 33.3. The standard InChI is InChI=1S/C44H46ClN7O6/c1-27-24-44(26-51(27)32-7-8-36(46-2)35(45)22-32)13-17-48(18-14-44)30-5-3-28(4-6-30)41(55)49-15-11-31(12-16-49)50-19-20-58-38-23-34-33(21-29(38)25-50)42(56)52(43(34)57)37-9-10-39(53)47-40(37)54/h3-8,21-23,27,31,37H,9-20,24-26H2,1H3,(H,47,53,54)/t27-,37?/m0/s1. The quantitative estimate of drug-likeness (QED) is 0.256. The van der Waals surface area contributed by atoms with Gasteiger partial charge in [0, 0.05) is 91.8 Å². The number of hydrogen-bond acceptors (Lipinski definition) is 9. The van der Waals surface area contributed by atoms with E-state index in [1.807, 2.05) is 35.2 Å². The van der Waals surface area contributed by atoms with Gasteiger partial charge in [0.05, 0.1) is 17.7 Å². The first-order valence-electron chi connectivity index (χ1n) is 20.3. The van der Waals surface area contributed by atoms with Crippen molar-refractivity contribution < 1.29 is 28.7 Å². The Morgan fingerprint density at radius 2 is 1.60 bits per heavy atom. The Hall–Kier alpha value is -5.45. The third-order valence-electron chi connectivity index (χ3n) is 13.4. The number of nitrogens with one attached hydrogen (secondary N) is 1. The van der Waals surface area contributed by atoms with Crippen LogP contribution in [0.4, 0.5) is 17.1 Å². The number of piperidine rings is 3. The van der Waals surface area contributed by atoms with Crippen molar-refractivity contribution in [2.24, 2.45) is 5.41 Å². The van der Waals surface area contributed by atoms with Crippen LogP contribution in [0.15, 0.2) is 54.6 Å². The van der Waals surface area contributed by atoms with E-state index in [2.05, 4.69) is 43.9 Å². The Balaban J connectivity index is 0.782. The van der Waals surface area contributed by atoms with Gasteiger partial charge in [-0.2, -0.15) is 0 Å². The van der Waals surface area contributed by atoms with Crippen LogP contribution < -0.4 is 19.9 Å². The fraction of sp³-hybridized carbons (Fsp3) is 0.455. The highest BCUT2D eigenvalue weighted by molar-refractivity contribution is 6.33. The number of carbonyl (C=O) groups excluding carboxylic acids is 5. The fourth-order valence-corrected chi connectivity index (χ4v) is 10.4. The third kappa shape index (κ3) is 6.86. The molecule has 0 bridgehead atoms. The molecule has 13 nitrogen and oxygen atoms in total. The molecule has 4 saturated heterocycles. The number of rotatable bonds is 5. The van der Waals surface area contributed by atoms with Gasteiger partial charge in [-0.3, -0.25) is 39.1 Å². The average Bonchev–Trinajstić information content (AvgIpc) is 3.56. The van der Waals surface area contributed by atoms with Crippen molar-refractivity contribution in [1.82, 2.24) is 20.0 Å². The van der Waals surface area contributed by atoms with Gasteiger partial charge in [-0.15, -0.1) is 0 Å². The van der Waals surface area contributed by atoms with Crippen molar-refractivity contribution in [2.45, 2.75) is 76.5 Å². The minimum Gasteiger partial charge on any atom is -0.492 e. The summed E-state index contributed by atoms with van der Waals surface area (Å²) in [5.41, 5.74) is 4.91. The Kier molecular flexibility index (Phi) is 9.88. The number of halogens is 1. The lowest BCUT2D eigenvalue weighted by atomic mass is 9.76. The second-order valence-corrected chi connectivity index (χ2v) is 17.2. The number of benzene rings is 3. The van der Waals surface area contributed by atoms with Crippen molar-refractivity contribution in [2.75, 3.05) is 55.7 Å². The molecule has 0 aromatic heterocycles. The number of nitrogens with zero attached hydrogens (tertiary/aromatic N) is 6. The number of hydrogen-bond donors (Lipinski definition) is 1. The van der Waals surface area contributed by atoms with Gasteiger partial charge in [0.1, 0.15) is 18.4 Å². The largest absolute Gasteiger partial charge is 0.492 e. The second-order valence-electron chi connectivity index (χ2n) is 16.8. The average molecular weight is 804 g/mol. The molecule has 0 radical (unpaired) electrons. The first-order chi connectivity index (χ1) is 28.0. The van der Waals surface area contributed by atoms with Crippen LogP contribution in [0.25, 0.3) is 4.85 Å². The highest BCUT2D eigenvalue weighted by Gasteiger charge is 2.46. The summed E-state index contributed by atoms with van der Waals surface area (Å²) in [6, 6.07) is 16.8. The van der Waals surface area contributed by atoms with Crippen molar-refractivity contribution in [1.29, 1.82) is 0 Å². The molecular formula is C44H46ClN7O6. The highest BCUT2D eigenvalue weighted by Crippen LogP contribution is 2.46. The van der Waals surface area contributed by atoms with E-state index in [9.17, 15) is 24.0 Å². The first-order valence-corrected chi connectivity index (χ1v) is 20.7. The molecule has 6 aliphatic heterocycles. The van der Waals surface area contributed by atoms with Crippen molar-refractivity contribution in [3.63, 3.8) is 0 Å². The van der Waals surface area contributed by atoms with Gasteiger partial charge >= 0.3 is 0 Å². The summed E-state index contributed by atoms with van der Waals surface area (Å²) < 4.78 is 6.10. The van der Waals surface area contributed by atoms with Crippen molar-refractivity contribution in [3.05, 3.63) is 93.3 Å². The summed E-state index contributed by atoms with van der Waals surface area (Å²) in [5.74, 6) is -1.53. The van der Waals surface area contributed by atoms with Gasteiger partial charge in [-0.05, 0) is 99.4 Å². The molecule has 6 heterocycles. The van der Waals surface area contributed by atoms with Gasteiger partial charge in [0.15, 0.2) is 0 Å². The monoisotopic (exact) mass is 803 g/mol.